The molecule has 2 amide bonds. The Bertz CT molecular complexity index is 1090. The molecule has 1 atom stereocenters. The lowest BCUT2D eigenvalue weighted by molar-refractivity contribution is -0.137. The number of halogens is 1. The predicted molar refractivity (Wildman–Crippen MR) is 131 cm³/mol. The van der Waals surface area contributed by atoms with E-state index in [2.05, 4.69) is 32.2 Å². The van der Waals surface area contributed by atoms with E-state index in [1.165, 1.54) is 0 Å². The molecule has 1 aliphatic rings. The Morgan fingerprint density at radius 2 is 1.82 bits per heavy atom. The smallest absolute Gasteiger partial charge is 0.251 e. The van der Waals surface area contributed by atoms with Crippen LogP contribution in [0.1, 0.15) is 68.9 Å². The van der Waals surface area contributed by atoms with Gasteiger partial charge in [0.05, 0.1) is 10.6 Å². The number of hydrogen-bond acceptors (Lipinski definition) is 3. The van der Waals surface area contributed by atoms with Crippen molar-refractivity contribution in [1.29, 1.82) is 5.26 Å². The number of nitrogens with zero attached hydrogens (tertiary/aromatic N) is 2. The molecule has 0 aliphatic carbocycles. The van der Waals surface area contributed by atoms with E-state index in [1.54, 1.807) is 18.2 Å². The first-order valence-corrected chi connectivity index (χ1v) is 11.6. The molecule has 1 saturated heterocycles. The zero-order valence-corrected chi connectivity index (χ0v) is 20.8. The van der Waals surface area contributed by atoms with Gasteiger partial charge in [0.1, 0.15) is 6.07 Å². The van der Waals surface area contributed by atoms with Crippen LogP contribution in [0.3, 0.4) is 0 Å². The lowest BCUT2D eigenvalue weighted by Crippen LogP contribution is -2.56. The molecule has 0 spiro atoms. The van der Waals surface area contributed by atoms with Crippen LogP contribution in [0.2, 0.25) is 5.02 Å². The number of hydrogen-bond donors (Lipinski definition) is 1. The summed E-state index contributed by atoms with van der Waals surface area (Å²) in [5.41, 5.74) is 1.05. The molecular formula is C27H32ClN3O2. The first-order valence-electron chi connectivity index (χ1n) is 11.2. The second-order valence-corrected chi connectivity index (χ2v) is 10.9. The zero-order chi connectivity index (χ0) is 24.4. The molecule has 1 heterocycles. The maximum Gasteiger partial charge on any atom is 0.251 e. The highest BCUT2D eigenvalue weighted by Crippen LogP contribution is 2.48. The summed E-state index contributed by atoms with van der Waals surface area (Å²) in [6.07, 6.45) is 1.01. The van der Waals surface area contributed by atoms with E-state index in [-0.39, 0.29) is 29.1 Å². The second kappa shape index (κ2) is 9.19. The van der Waals surface area contributed by atoms with Crippen molar-refractivity contribution in [2.75, 3.05) is 13.1 Å². The van der Waals surface area contributed by atoms with Gasteiger partial charge in [0.15, 0.2) is 0 Å². The summed E-state index contributed by atoms with van der Waals surface area (Å²) in [6.45, 7) is 11.5. The van der Waals surface area contributed by atoms with Crippen molar-refractivity contribution in [1.82, 2.24) is 10.2 Å². The summed E-state index contributed by atoms with van der Waals surface area (Å²) >= 11 is 6.32. The van der Waals surface area contributed by atoms with E-state index in [9.17, 15) is 14.9 Å². The molecule has 33 heavy (non-hydrogen) atoms. The van der Waals surface area contributed by atoms with Crippen molar-refractivity contribution < 1.29 is 9.59 Å². The van der Waals surface area contributed by atoms with Gasteiger partial charge in [-0.15, -0.1) is 0 Å². The number of amides is 2. The number of rotatable bonds is 5. The first kappa shape index (κ1) is 24.8. The molecule has 1 N–H and O–H groups in total. The molecular weight excluding hydrogens is 434 g/mol. The Hall–Kier alpha value is -2.84. The van der Waals surface area contributed by atoms with E-state index in [4.69, 9.17) is 11.6 Å². The predicted octanol–water partition coefficient (Wildman–Crippen LogP) is 5.33. The van der Waals surface area contributed by atoms with Crippen LogP contribution >= 0.6 is 11.6 Å². The van der Waals surface area contributed by atoms with E-state index < -0.39 is 5.54 Å². The standard InChI is InChI=1S/C27H32ClN3O2/c1-25(2)18-31(14-13-27(25,5)21-12-11-20(17-29)22(28)15-21)23(32)16-26(3,4)30-24(33)19-9-7-6-8-10-19/h6-12,15H,13-14,16,18H2,1-5H3,(H,30,33). The molecule has 5 nitrogen and oxygen atoms in total. The topological polar surface area (TPSA) is 73.2 Å². The van der Waals surface area contributed by atoms with Gasteiger partial charge >= 0.3 is 0 Å². The van der Waals surface area contributed by atoms with Crippen molar-refractivity contribution >= 4 is 23.4 Å². The highest BCUT2D eigenvalue weighted by molar-refractivity contribution is 6.31. The van der Waals surface area contributed by atoms with Gasteiger partial charge in [-0.1, -0.05) is 56.6 Å². The molecule has 0 saturated carbocycles. The van der Waals surface area contributed by atoms with Crippen LogP contribution in [0.25, 0.3) is 0 Å². The number of carbonyl (C=O) groups excluding carboxylic acids is 2. The van der Waals surface area contributed by atoms with Gasteiger partial charge in [0.25, 0.3) is 5.91 Å². The van der Waals surface area contributed by atoms with Crippen LogP contribution < -0.4 is 5.32 Å². The van der Waals surface area contributed by atoms with Gasteiger partial charge in [-0.05, 0) is 55.5 Å². The molecule has 2 aromatic rings. The van der Waals surface area contributed by atoms with Gasteiger partial charge in [-0.2, -0.15) is 5.26 Å². The molecule has 0 bridgehead atoms. The fourth-order valence-electron chi connectivity index (χ4n) is 4.63. The minimum atomic E-state index is -0.671. The molecule has 0 radical (unpaired) electrons. The van der Waals surface area contributed by atoms with Crippen LogP contribution in [-0.2, 0) is 10.2 Å². The van der Waals surface area contributed by atoms with E-state index in [0.717, 1.165) is 12.0 Å². The van der Waals surface area contributed by atoms with Crippen LogP contribution in [0, 0.1) is 16.7 Å². The van der Waals surface area contributed by atoms with Crippen molar-refractivity contribution in [2.45, 2.75) is 58.4 Å². The molecule has 3 rings (SSSR count). The monoisotopic (exact) mass is 465 g/mol. The molecule has 2 aromatic carbocycles. The second-order valence-electron chi connectivity index (χ2n) is 10.5. The summed E-state index contributed by atoms with van der Waals surface area (Å²) in [6, 6.07) is 16.8. The normalized spacial score (nSPS) is 20.1. The maximum atomic E-state index is 13.2. The average Bonchev–Trinajstić information content (AvgIpc) is 2.75. The number of nitrogens with one attached hydrogen (secondary N) is 1. The maximum absolute atomic E-state index is 13.2. The fraction of sp³-hybridized carbons (Fsp3) is 0.444. The molecule has 1 aliphatic heterocycles. The highest BCUT2D eigenvalue weighted by atomic mass is 35.5. The third kappa shape index (κ3) is 5.23. The Balaban J connectivity index is 1.70. The Labute approximate surface area is 201 Å². The van der Waals surface area contributed by atoms with E-state index in [1.807, 2.05) is 49.1 Å². The number of likely N-dealkylation sites (tertiary alicyclic amines) is 1. The van der Waals surface area contributed by atoms with Gasteiger partial charge in [0, 0.05) is 36.0 Å². The van der Waals surface area contributed by atoms with Crippen LogP contribution in [-0.4, -0.2) is 35.3 Å². The van der Waals surface area contributed by atoms with Crippen molar-refractivity contribution in [3.63, 3.8) is 0 Å². The lowest BCUT2D eigenvalue weighted by Gasteiger charge is -2.52. The number of piperidine rings is 1. The first-order chi connectivity index (χ1) is 15.4. The minimum Gasteiger partial charge on any atom is -0.347 e. The SMILES string of the molecule is CC(C)(CC(=O)N1CCC(C)(c2ccc(C#N)c(Cl)c2)C(C)(C)C1)NC(=O)c1ccccc1. The molecule has 174 valence electrons. The number of benzene rings is 2. The molecule has 1 fully saturated rings. The summed E-state index contributed by atoms with van der Waals surface area (Å²) in [5.74, 6) is -0.154. The van der Waals surface area contributed by atoms with Gasteiger partial charge in [-0.3, -0.25) is 9.59 Å². The Kier molecular flexibility index (Phi) is 6.91. The van der Waals surface area contributed by atoms with Crippen LogP contribution in [0.15, 0.2) is 48.5 Å². The van der Waals surface area contributed by atoms with Crippen molar-refractivity contribution in [3.8, 4) is 6.07 Å². The molecule has 6 heteroatoms. The average molecular weight is 466 g/mol. The summed E-state index contributed by atoms with van der Waals surface area (Å²) in [7, 11) is 0. The minimum absolute atomic E-state index is 0.0290. The Morgan fingerprint density at radius 1 is 1.15 bits per heavy atom. The Morgan fingerprint density at radius 3 is 2.39 bits per heavy atom. The largest absolute Gasteiger partial charge is 0.347 e. The third-order valence-corrected chi connectivity index (χ3v) is 7.43. The quantitative estimate of drug-likeness (QED) is 0.648. The highest BCUT2D eigenvalue weighted by Gasteiger charge is 2.47. The summed E-state index contributed by atoms with van der Waals surface area (Å²) in [5, 5.41) is 12.6. The van der Waals surface area contributed by atoms with E-state index >= 15 is 0 Å². The fourth-order valence-corrected chi connectivity index (χ4v) is 4.85. The summed E-state index contributed by atoms with van der Waals surface area (Å²) in [4.78, 5) is 27.7. The van der Waals surface area contributed by atoms with Gasteiger partial charge < -0.3 is 10.2 Å². The lowest BCUT2D eigenvalue weighted by atomic mass is 9.59. The number of nitriles is 1. The van der Waals surface area contributed by atoms with Crippen molar-refractivity contribution in [3.05, 3.63) is 70.2 Å². The van der Waals surface area contributed by atoms with Crippen LogP contribution in [0.5, 0.6) is 0 Å². The van der Waals surface area contributed by atoms with Crippen molar-refractivity contribution in [2.24, 2.45) is 5.41 Å². The zero-order valence-electron chi connectivity index (χ0n) is 20.0. The van der Waals surface area contributed by atoms with E-state index in [0.29, 0.717) is 29.2 Å². The van der Waals surface area contributed by atoms with Crippen LogP contribution in [0.4, 0.5) is 0 Å². The summed E-state index contributed by atoms with van der Waals surface area (Å²) < 4.78 is 0. The van der Waals surface area contributed by atoms with Gasteiger partial charge in [0.2, 0.25) is 5.91 Å². The third-order valence-electron chi connectivity index (χ3n) is 7.12. The number of carbonyl (C=O) groups is 2. The molecule has 1 unspecified atom stereocenters. The van der Waals surface area contributed by atoms with Gasteiger partial charge in [-0.25, -0.2) is 0 Å². The molecule has 0 aromatic heterocycles.